The summed E-state index contributed by atoms with van der Waals surface area (Å²) in [5.41, 5.74) is 5.27. The van der Waals surface area contributed by atoms with Crippen LogP contribution in [0.1, 0.15) is 0 Å². The Morgan fingerprint density at radius 2 is 2.36 bits per heavy atom. The van der Waals surface area contributed by atoms with Gasteiger partial charge in [-0.15, -0.1) is 0 Å². The van der Waals surface area contributed by atoms with Crippen LogP contribution in [0.2, 0.25) is 0 Å². The Hall–Kier alpha value is -0.480. The Bertz CT molecular complexity index is 225. The SMILES string of the molecule is NCCn1cc(P(O)O)cn1. The van der Waals surface area contributed by atoms with Crippen molar-refractivity contribution in [3.63, 3.8) is 0 Å². The highest BCUT2D eigenvalue weighted by Gasteiger charge is 2.05. The summed E-state index contributed by atoms with van der Waals surface area (Å²) in [6.07, 6.45) is 3.01. The third kappa shape index (κ3) is 2.24. The summed E-state index contributed by atoms with van der Waals surface area (Å²) in [5, 5.41) is 4.31. The molecule has 0 aliphatic heterocycles. The van der Waals surface area contributed by atoms with E-state index in [2.05, 4.69) is 5.10 Å². The van der Waals surface area contributed by atoms with Crippen LogP contribution in [-0.4, -0.2) is 26.1 Å². The van der Waals surface area contributed by atoms with Crippen LogP contribution >= 0.6 is 8.38 Å². The van der Waals surface area contributed by atoms with Crippen LogP contribution in [0.4, 0.5) is 0 Å². The van der Waals surface area contributed by atoms with Crippen LogP contribution in [0.15, 0.2) is 12.4 Å². The Morgan fingerprint density at radius 3 is 2.82 bits per heavy atom. The molecular weight excluding hydrogens is 165 g/mol. The third-order valence-corrected chi connectivity index (χ3v) is 1.90. The average Bonchev–Trinajstić information content (AvgIpc) is 2.37. The van der Waals surface area contributed by atoms with Crippen molar-refractivity contribution in [2.45, 2.75) is 6.54 Å². The van der Waals surface area contributed by atoms with Crippen LogP contribution in [0.25, 0.3) is 0 Å². The van der Waals surface area contributed by atoms with Gasteiger partial charge >= 0.3 is 0 Å². The van der Waals surface area contributed by atoms with Gasteiger partial charge in [-0.2, -0.15) is 5.10 Å². The van der Waals surface area contributed by atoms with Gasteiger partial charge < -0.3 is 15.5 Å². The molecule has 0 spiro atoms. The Morgan fingerprint density at radius 1 is 1.64 bits per heavy atom. The zero-order valence-electron chi connectivity index (χ0n) is 5.88. The zero-order chi connectivity index (χ0) is 8.27. The highest BCUT2D eigenvalue weighted by Crippen LogP contribution is 2.20. The molecule has 1 heterocycles. The normalized spacial score (nSPS) is 10.9. The van der Waals surface area contributed by atoms with E-state index in [1.165, 1.54) is 6.20 Å². The molecule has 62 valence electrons. The van der Waals surface area contributed by atoms with Crippen LogP contribution in [-0.2, 0) is 6.54 Å². The fourth-order valence-corrected chi connectivity index (χ4v) is 1.10. The predicted molar refractivity (Wildman–Crippen MR) is 42.3 cm³/mol. The van der Waals surface area contributed by atoms with Crippen molar-refractivity contribution in [1.29, 1.82) is 0 Å². The number of hydrogen-bond donors (Lipinski definition) is 3. The molecule has 1 aromatic rings. The number of aromatic nitrogens is 2. The first kappa shape index (κ1) is 8.62. The van der Waals surface area contributed by atoms with Crippen molar-refractivity contribution in [3.8, 4) is 0 Å². The molecule has 0 atom stereocenters. The van der Waals surface area contributed by atoms with E-state index < -0.39 is 8.38 Å². The maximum Gasteiger partial charge on any atom is 0.202 e. The average molecular weight is 175 g/mol. The number of nitrogens with zero attached hydrogens (tertiary/aromatic N) is 2. The Kier molecular flexibility index (Phi) is 2.96. The van der Waals surface area contributed by atoms with Gasteiger partial charge in [0.2, 0.25) is 8.38 Å². The van der Waals surface area contributed by atoms with Gasteiger partial charge in [0.25, 0.3) is 0 Å². The van der Waals surface area contributed by atoms with Crippen molar-refractivity contribution in [2.24, 2.45) is 5.73 Å². The van der Waals surface area contributed by atoms with Gasteiger partial charge in [0.15, 0.2) is 0 Å². The van der Waals surface area contributed by atoms with Crippen molar-refractivity contribution < 1.29 is 9.79 Å². The fourth-order valence-electron chi connectivity index (χ4n) is 0.710. The second-order valence-corrected chi connectivity index (χ2v) is 3.14. The largest absolute Gasteiger partial charge is 0.346 e. The maximum atomic E-state index is 8.74. The smallest absolute Gasteiger partial charge is 0.202 e. The Labute approximate surface area is 65.4 Å². The molecule has 0 fully saturated rings. The summed E-state index contributed by atoms with van der Waals surface area (Å²) in [7, 11) is -2.01. The fraction of sp³-hybridized carbons (Fsp3) is 0.400. The summed E-state index contributed by atoms with van der Waals surface area (Å²) >= 11 is 0. The lowest BCUT2D eigenvalue weighted by molar-refractivity contribution is 0.497. The van der Waals surface area contributed by atoms with E-state index in [1.807, 2.05) is 0 Å². The number of nitrogens with two attached hydrogens (primary N) is 1. The quantitative estimate of drug-likeness (QED) is 0.502. The molecule has 6 heteroatoms. The molecule has 0 aliphatic carbocycles. The summed E-state index contributed by atoms with van der Waals surface area (Å²) in [4.78, 5) is 17.5. The van der Waals surface area contributed by atoms with Gasteiger partial charge in [-0.05, 0) is 0 Å². The third-order valence-electron chi connectivity index (χ3n) is 1.21. The van der Waals surface area contributed by atoms with Crippen LogP contribution in [0.5, 0.6) is 0 Å². The monoisotopic (exact) mass is 175 g/mol. The molecule has 0 aromatic carbocycles. The number of hydrogen-bond acceptors (Lipinski definition) is 4. The van der Waals surface area contributed by atoms with Gasteiger partial charge in [0.1, 0.15) is 0 Å². The lowest BCUT2D eigenvalue weighted by atomic mass is 10.6. The van der Waals surface area contributed by atoms with Gasteiger partial charge in [-0.25, -0.2) is 0 Å². The first-order valence-electron chi connectivity index (χ1n) is 3.14. The second-order valence-electron chi connectivity index (χ2n) is 2.04. The lowest BCUT2D eigenvalue weighted by Gasteiger charge is -1.96. The molecule has 4 N–H and O–H groups in total. The van der Waals surface area contributed by atoms with E-state index in [9.17, 15) is 0 Å². The molecule has 0 unspecified atom stereocenters. The van der Waals surface area contributed by atoms with E-state index in [-0.39, 0.29) is 0 Å². The molecule has 11 heavy (non-hydrogen) atoms. The minimum atomic E-state index is -2.01. The molecular formula is C5H10N3O2P. The summed E-state index contributed by atoms with van der Waals surface area (Å²) < 4.78 is 1.58. The maximum absolute atomic E-state index is 8.74. The van der Waals surface area contributed by atoms with E-state index >= 15 is 0 Å². The molecule has 5 nitrogen and oxygen atoms in total. The zero-order valence-corrected chi connectivity index (χ0v) is 6.78. The van der Waals surface area contributed by atoms with Gasteiger partial charge in [0.05, 0.1) is 18.0 Å². The van der Waals surface area contributed by atoms with Gasteiger partial charge in [0, 0.05) is 12.7 Å². The van der Waals surface area contributed by atoms with E-state index in [4.69, 9.17) is 15.5 Å². The van der Waals surface area contributed by atoms with E-state index in [1.54, 1.807) is 10.9 Å². The summed E-state index contributed by atoms with van der Waals surface area (Å²) in [6, 6.07) is 0. The van der Waals surface area contributed by atoms with Crippen molar-refractivity contribution in [3.05, 3.63) is 12.4 Å². The van der Waals surface area contributed by atoms with Crippen molar-refractivity contribution in [2.75, 3.05) is 6.54 Å². The summed E-state index contributed by atoms with van der Waals surface area (Å²) in [6.45, 7) is 1.10. The molecule has 0 saturated carbocycles. The van der Waals surface area contributed by atoms with Crippen LogP contribution < -0.4 is 11.0 Å². The standard InChI is InChI=1S/C5H10N3O2P/c6-1-2-8-4-5(3-7-8)11(9)10/h3-4,9-10H,1-2,6H2. The molecule has 0 aliphatic rings. The highest BCUT2D eigenvalue weighted by atomic mass is 31.2. The van der Waals surface area contributed by atoms with E-state index in [0.717, 1.165) is 0 Å². The molecule has 0 bridgehead atoms. The molecule has 1 rings (SSSR count). The van der Waals surface area contributed by atoms with Crippen LogP contribution in [0.3, 0.4) is 0 Å². The second kappa shape index (κ2) is 3.78. The molecule has 1 aromatic heterocycles. The highest BCUT2D eigenvalue weighted by molar-refractivity contribution is 7.53. The van der Waals surface area contributed by atoms with E-state index in [0.29, 0.717) is 18.4 Å². The first-order chi connectivity index (χ1) is 5.24. The lowest BCUT2D eigenvalue weighted by Crippen LogP contribution is -2.10. The minimum Gasteiger partial charge on any atom is -0.346 e. The van der Waals surface area contributed by atoms with Crippen molar-refractivity contribution >= 4 is 13.7 Å². The minimum absolute atomic E-state index is 0.452. The van der Waals surface area contributed by atoms with Crippen LogP contribution in [0, 0.1) is 0 Å². The molecule has 0 radical (unpaired) electrons. The first-order valence-corrected chi connectivity index (χ1v) is 4.39. The topological polar surface area (TPSA) is 84.3 Å². The summed E-state index contributed by atoms with van der Waals surface area (Å²) in [5.74, 6) is 0. The predicted octanol–water partition coefficient (Wildman–Crippen LogP) is -1.24. The van der Waals surface area contributed by atoms with Gasteiger partial charge in [-0.3, -0.25) is 4.68 Å². The molecule has 0 amide bonds. The van der Waals surface area contributed by atoms with Crippen molar-refractivity contribution in [1.82, 2.24) is 9.78 Å². The Balaban J connectivity index is 2.66. The van der Waals surface area contributed by atoms with Gasteiger partial charge in [-0.1, -0.05) is 0 Å². The number of rotatable bonds is 3. The molecule has 0 saturated heterocycles.